The van der Waals surface area contributed by atoms with Crippen LogP contribution in [0.3, 0.4) is 0 Å². The molecule has 0 saturated heterocycles. The van der Waals surface area contributed by atoms with Gasteiger partial charge in [-0.1, -0.05) is 36.4 Å². The van der Waals surface area contributed by atoms with Crippen LogP contribution in [0.5, 0.6) is 0 Å². The van der Waals surface area contributed by atoms with Crippen LogP contribution in [0.4, 0.5) is 0 Å². The molecule has 0 heterocycles. The molecule has 2 aromatic rings. The van der Waals surface area contributed by atoms with Crippen LogP contribution in [-0.2, 0) is 13.0 Å². The Morgan fingerprint density at radius 1 is 0.905 bits per heavy atom. The monoisotopic (exact) mass is 409 g/mol. The second-order valence-corrected chi connectivity index (χ2v) is 7.68. The molecule has 0 bridgehead atoms. The molecule has 0 spiro atoms. The molecule has 3 heteroatoms. The van der Waals surface area contributed by atoms with Crippen molar-refractivity contribution in [2.75, 3.05) is 0 Å². The van der Waals surface area contributed by atoms with Crippen molar-refractivity contribution < 1.29 is 0 Å². The van der Waals surface area contributed by atoms with Crippen molar-refractivity contribution in [3.8, 4) is 0 Å². The van der Waals surface area contributed by atoms with E-state index >= 15 is 0 Å². The molecule has 1 N–H and O–H groups in total. The lowest BCUT2D eigenvalue weighted by molar-refractivity contribution is 0.360. The van der Waals surface area contributed by atoms with Gasteiger partial charge < -0.3 is 5.32 Å². The number of aryl methyl sites for hydroxylation is 1. The number of rotatable bonds is 6. The lowest BCUT2D eigenvalue weighted by Gasteiger charge is -2.26. The first-order valence-corrected chi connectivity index (χ1v) is 8.78. The Labute approximate surface area is 144 Å². The van der Waals surface area contributed by atoms with E-state index in [1.54, 1.807) is 0 Å². The van der Waals surface area contributed by atoms with E-state index in [0.29, 0.717) is 0 Å². The highest BCUT2D eigenvalue weighted by Crippen LogP contribution is 2.24. The molecule has 112 valence electrons. The summed E-state index contributed by atoms with van der Waals surface area (Å²) in [6.45, 7) is 5.42. The topological polar surface area (TPSA) is 12.0 Å². The predicted octanol–water partition coefficient (Wildman–Crippen LogP) is 5.71. The highest BCUT2D eigenvalue weighted by Gasteiger charge is 2.16. The van der Waals surface area contributed by atoms with Gasteiger partial charge >= 0.3 is 0 Å². The molecular weight excluding hydrogens is 390 g/mol. The lowest BCUT2D eigenvalue weighted by Crippen LogP contribution is -2.39. The minimum Gasteiger partial charge on any atom is -0.308 e. The van der Waals surface area contributed by atoms with Crippen molar-refractivity contribution >= 4 is 31.9 Å². The molecule has 21 heavy (non-hydrogen) atoms. The maximum atomic E-state index is 3.66. The van der Waals surface area contributed by atoms with Gasteiger partial charge in [0.05, 0.1) is 0 Å². The van der Waals surface area contributed by atoms with Crippen molar-refractivity contribution in [3.05, 3.63) is 68.6 Å². The Bertz CT molecular complexity index is 579. The minimum atomic E-state index is 0.120. The van der Waals surface area contributed by atoms with Crippen molar-refractivity contribution in [2.24, 2.45) is 0 Å². The molecule has 0 aromatic heterocycles. The first kappa shape index (κ1) is 16.7. The molecule has 1 nitrogen and oxygen atoms in total. The Kier molecular flexibility index (Phi) is 6.03. The summed E-state index contributed by atoms with van der Waals surface area (Å²) < 4.78 is 2.19. The quantitative estimate of drug-likeness (QED) is 0.642. The van der Waals surface area contributed by atoms with E-state index < -0.39 is 0 Å². The van der Waals surface area contributed by atoms with E-state index in [1.807, 2.05) is 0 Å². The third-order valence-corrected chi connectivity index (χ3v) is 5.52. The number of hydrogen-bond donors (Lipinski definition) is 1. The smallest absolute Gasteiger partial charge is 0.0320 e. The average Bonchev–Trinajstić information content (AvgIpc) is 2.48. The largest absolute Gasteiger partial charge is 0.308 e. The van der Waals surface area contributed by atoms with Crippen LogP contribution in [0.1, 0.15) is 31.4 Å². The van der Waals surface area contributed by atoms with Gasteiger partial charge in [-0.2, -0.15) is 0 Å². The third kappa shape index (κ3) is 5.57. The molecule has 0 fully saturated rings. The zero-order chi connectivity index (χ0) is 15.3. The van der Waals surface area contributed by atoms with Crippen LogP contribution >= 0.6 is 31.9 Å². The van der Waals surface area contributed by atoms with Gasteiger partial charge in [-0.05, 0) is 81.8 Å². The van der Waals surface area contributed by atoms with Crippen LogP contribution < -0.4 is 5.32 Å². The second kappa shape index (κ2) is 7.57. The van der Waals surface area contributed by atoms with E-state index in [4.69, 9.17) is 0 Å². The lowest BCUT2D eigenvalue weighted by atomic mass is 9.95. The maximum absolute atomic E-state index is 3.66. The summed E-state index contributed by atoms with van der Waals surface area (Å²) in [6.07, 6.45) is 2.22. The summed E-state index contributed by atoms with van der Waals surface area (Å²) in [6, 6.07) is 17.1. The fourth-order valence-electron chi connectivity index (χ4n) is 2.18. The van der Waals surface area contributed by atoms with Gasteiger partial charge in [-0.15, -0.1) is 0 Å². The van der Waals surface area contributed by atoms with E-state index in [-0.39, 0.29) is 5.54 Å². The SMILES string of the molecule is CC(C)(CCc1ccccc1)NCc1ccc(Br)c(Br)c1. The normalized spacial score (nSPS) is 11.6. The molecule has 0 saturated carbocycles. The fraction of sp³-hybridized carbons (Fsp3) is 0.333. The number of benzene rings is 2. The average molecular weight is 411 g/mol. The second-order valence-electron chi connectivity index (χ2n) is 5.97. The van der Waals surface area contributed by atoms with Crippen LogP contribution in [0.25, 0.3) is 0 Å². The zero-order valence-corrected chi connectivity index (χ0v) is 15.7. The Balaban J connectivity index is 1.87. The Morgan fingerprint density at radius 3 is 2.29 bits per heavy atom. The van der Waals surface area contributed by atoms with E-state index in [0.717, 1.165) is 28.3 Å². The molecule has 0 radical (unpaired) electrons. The summed E-state index contributed by atoms with van der Waals surface area (Å²) in [5.41, 5.74) is 2.81. The van der Waals surface area contributed by atoms with Gasteiger partial charge in [-0.25, -0.2) is 0 Å². The summed E-state index contributed by atoms with van der Waals surface area (Å²) in [5.74, 6) is 0. The van der Waals surface area contributed by atoms with Crippen molar-refractivity contribution in [1.29, 1.82) is 0 Å². The first-order valence-electron chi connectivity index (χ1n) is 7.19. The van der Waals surface area contributed by atoms with Gasteiger partial charge in [0.1, 0.15) is 0 Å². The standard InChI is InChI=1S/C18H21Br2N/c1-18(2,11-10-14-6-4-3-5-7-14)21-13-15-8-9-16(19)17(20)12-15/h3-9,12,21H,10-11,13H2,1-2H3. The number of nitrogens with one attached hydrogen (secondary N) is 1. The minimum absolute atomic E-state index is 0.120. The molecule has 0 unspecified atom stereocenters. The van der Waals surface area contributed by atoms with Crippen molar-refractivity contribution in [2.45, 2.75) is 38.8 Å². The predicted molar refractivity (Wildman–Crippen MR) is 97.5 cm³/mol. The van der Waals surface area contributed by atoms with Crippen LogP contribution in [0, 0.1) is 0 Å². The molecular formula is C18H21Br2N. The van der Waals surface area contributed by atoms with Crippen molar-refractivity contribution in [1.82, 2.24) is 5.32 Å². The van der Waals surface area contributed by atoms with Gasteiger partial charge in [0, 0.05) is 21.0 Å². The van der Waals surface area contributed by atoms with Gasteiger partial charge in [-0.3, -0.25) is 0 Å². The summed E-state index contributed by atoms with van der Waals surface area (Å²) in [7, 11) is 0. The fourth-order valence-corrected chi connectivity index (χ4v) is 2.85. The highest BCUT2D eigenvalue weighted by molar-refractivity contribution is 9.13. The van der Waals surface area contributed by atoms with Gasteiger partial charge in [0.25, 0.3) is 0 Å². The highest BCUT2D eigenvalue weighted by atomic mass is 79.9. The molecule has 0 atom stereocenters. The van der Waals surface area contributed by atoms with Gasteiger partial charge in [0.2, 0.25) is 0 Å². The van der Waals surface area contributed by atoms with E-state index in [2.05, 4.69) is 99.6 Å². The number of halogens is 2. The maximum Gasteiger partial charge on any atom is 0.0320 e. The Hall–Kier alpha value is -0.640. The number of hydrogen-bond acceptors (Lipinski definition) is 1. The molecule has 0 amide bonds. The van der Waals surface area contributed by atoms with Gasteiger partial charge in [0.15, 0.2) is 0 Å². The molecule has 0 aliphatic carbocycles. The van der Waals surface area contributed by atoms with Crippen LogP contribution in [0.15, 0.2) is 57.5 Å². The first-order chi connectivity index (χ1) is 9.96. The zero-order valence-electron chi connectivity index (χ0n) is 12.5. The van der Waals surface area contributed by atoms with E-state index in [9.17, 15) is 0 Å². The molecule has 2 rings (SSSR count). The Morgan fingerprint density at radius 2 is 1.62 bits per heavy atom. The van der Waals surface area contributed by atoms with Crippen molar-refractivity contribution in [3.63, 3.8) is 0 Å². The molecule has 0 aliphatic heterocycles. The third-order valence-electron chi connectivity index (χ3n) is 3.64. The van der Waals surface area contributed by atoms with Crippen LogP contribution in [0.2, 0.25) is 0 Å². The van der Waals surface area contributed by atoms with Crippen LogP contribution in [-0.4, -0.2) is 5.54 Å². The molecule has 0 aliphatic rings. The summed E-state index contributed by atoms with van der Waals surface area (Å²) >= 11 is 7.06. The summed E-state index contributed by atoms with van der Waals surface area (Å²) in [5, 5.41) is 3.66. The van der Waals surface area contributed by atoms with E-state index in [1.165, 1.54) is 11.1 Å². The summed E-state index contributed by atoms with van der Waals surface area (Å²) in [4.78, 5) is 0. The molecule has 2 aromatic carbocycles.